The zero-order chi connectivity index (χ0) is 30.7. The van der Waals surface area contributed by atoms with Gasteiger partial charge >= 0.3 is 0 Å². The molecule has 0 aromatic heterocycles. The molecule has 1 N–H and O–H groups in total. The summed E-state index contributed by atoms with van der Waals surface area (Å²) in [6, 6.07) is 13.8. The van der Waals surface area contributed by atoms with E-state index in [-0.39, 0.29) is 22.1 Å². The molecule has 1 aliphatic rings. The summed E-state index contributed by atoms with van der Waals surface area (Å²) in [7, 11) is 2.96. The van der Waals surface area contributed by atoms with E-state index in [2.05, 4.69) is 5.32 Å². The number of hydrogen-bond donors (Lipinski definition) is 1. The van der Waals surface area contributed by atoms with Crippen molar-refractivity contribution >= 4 is 21.6 Å². The molecule has 11 nitrogen and oxygen atoms in total. The molecule has 0 spiro atoms. The summed E-state index contributed by atoms with van der Waals surface area (Å²) in [5.74, 6) is 1.87. The van der Waals surface area contributed by atoms with Crippen LogP contribution in [0.25, 0.3) is 0 Å². The number of amides is 1. The highest BCUT2D eigenvalue weighted by Gasteiger charge is 2.36. The van der Waals surface area contributed by atoms with Crippen LogP contribution < -0.4 is 38.0 Å². The Hall–Kier alpha value is -4.32. The van der Waals surface area contributed by atoms with Gasteiger partial charge < -0.3 is 33.7 Å². The summed E-state index contributed by atoms with van der Waals surface area (Å²) in [4.78, 5) is 13.6. The van der Waals surface area contributed by atoms with Crippen molar-refractivity contribution in [2.75, 3.05) is 46.4 Å². The Labute approximate surface area is 246 Å². The van der Waals surface area contributed by atoms with Crippen molar-refractivity contribution in [1.82, 2.24) is 5.32 Å². The Balaban J connectivity index is 1.76. The molecule has 1 amide bonds. The number of carbonyl (C=O) groups is 1. The first-order chi connectivity index (χ1) is 20.0. The van der Waals surface area contributed by atoms with Gasteiger partial charge in [0.2, 0.25) is 5.91 Å². The molecule has 226 valence electrons. The van der Waals surface area contributed by atoms with Gasteiger partial charge in [-0.1, -0.05) is 0 Å². The molecule has 1 unspecified atom stereocenters. The average molecular weight is 601 g/mol. The van der Waals surface area contributed by atoms with E-state index in [0.717, 1.165) is 9.87 Å². The van der Waals surface area contributed by atoms with Crippen LogP contribution in [0.15, 0.2) is 59.5 Å². The van der Waals surface area contributed by atoms with Crippen LogP contribution in [-0.4, -0.2) is 62.0 Å². The van der Waals surface area contributed by atoms with Gasteiger partial charge in [-0.25, -0.2) is 8.42 Å². The van der Waals surface area contributed by atoms with E-state index in [1.807, 2.05) is 13.8 Å². The fraction of sp³-hybridized carbons (Fsp3) is 0.367. The van der Waals surface area contributed by atoms with E-state index < -0.39 is 34.1 Å². The molecular weight excluding hydrogens is 564 g/mol. The highest BCUT2D eigenvalue weighted by molar-refractivity contribution is 7.92. The van der Waals surface area contributed by atoms with Crippen molar-refractivity contribution in [3.8, 4) is 34.5 Å². The van der Waals surface area contributed by atoms with Crippen molar-refractivity contribution in [2.45, 2.75) is 36.8 Å². The summed E-state index contributed by atoms with van der Waals surface area (Å²) < 4.78 is 62.4. The van der Waals surface area contributed by atoms with Gasteiger partial charge in [0.05, 0.1) is 52.2 Å². The van der Waals surface area contributed by atoms with E-state index >= 15 is 0 Å². The van der Waals surface area contributed by atoms with Crippen LogP contribution in [0.2, 0.25) is 0 Å². The third-order valence-electron chi connectivity index (χ3n) is 6.89. The smallest absolute Gasteiger partial charge is 0.265 e. The number of benzene rings is 3. The summed E-state index contributed by atoms with van der Waals surface area (Å²) in [5, 5.41) is 3.02. The summed E-state index contributed by atoms with van der Waals surface area (Å²) in [5.41, 5.74) is 0.271. The fourth-order valence-electron chi connectivity index (χ4n) is 4.85. The predicted octanol–water partition coefficient (Wildman–Crippen LogP) is 4.34. The number of carbonyl (C=O) groups excluding carboxylic acids is 1. The number of anilines is 1. The Morgan fingerprint density at radius 2 is 1.48 bits per heavy atom. The fourth-order valence-corrected chi connectivity index (χ4v) is 6.29. The zero-order valence-corrected chi connectivity index (χ0v) is 25.5. The van der Waals surface area contributed by atoms with E-state index in [9.17, 15) is 13.2 Å². The van der Waals surface area contributed by atoms with Crippen LogP contribution >= 0.6 is 0 Å². The minimum atomic E-state index is -4.34. The van der Waals surface area contributed by atoms with Gasteiger partial charge in [-0.2, -0.15) is 0 Å². The first-order valence-electron chi connectivity index (χ1n) is 13.1. The molecule has 0 radical (unpaired) electrons. The quantitative estimate of drug-likeness (QED) is 0.342. The third-order valence-corrected chi connectivity index (χ3v) is 8.65. The minimum Gasteiger partial charge on any atom is -0.497 e. The molecule has 1 aliphatic heterocycles. The van der Waals surface area contributed by atoms with Crippen molar-refractivity contribution in [2.24, 2.45) is 0 Å². The maximum Gasteiger partial charge on any atom is 0.265 e. The van der Waals surface area contributed by atoms with Crippen LogP contribution in [0.4, 0.5) is 5.69 Å². The molecular formula is C30H36N2O9S. The highest BCUT2D eigenvalue weighted by Crippen LogP contribution is 2.42. The lowest BCUT2D eigenvalue weighted by Crippen LogP contribution is -2.45. The molecule has 0 saturated carbocycles. The predicted molar refractivity (Wildman–Crippen MR) is 157 cm³/mol. The SMILES string of the molecule is COc1ccc2c(c1)C(NC(=O)CN(c1cc(OC)ccc1OC)S(=O)(=O)c1ccc(OC)c(OC)c1)CC(C)(C)O2. The van der Waals surface area contributed by atoms with Gasteiger partial charge in [-0.3, -0.25) is 9.10 Å². The highest BCUT2D eigenvalue weighted by atomic mass is 32.2. The van der Waals surface area contributed by atoms with Crippen LogP contribution in [-0.2, 0) is 14.8 Å². The lowest BCUT2D eigenvalue weighted by Gasteiger charge is -2.38. The van der Waals surface area contributed by atoms with E-state index in [4.69, 9.17) is 28.4 Å². The maximum absolute atomic E-state index is 14.2. The van der Waals surface area contributed by atoms with Gasteiger partial charge in [0.1, 0.15) is 35.1 Å². The standard InChI is InChI=1S/C30H36N2O9S/c1-30(2)17-23(22-14-19(36-3)8-11-25(22)41-30)31-29(33)18-32(24-15-20(37-4)9-12-26(24)38-5)42(34,35)21-10-13-27(39-6)28(16-21)40-7/h8-16,23H,17-18H2,1-7H3,(H,31,33). The van der Waals surface area contributed by atoms with Crippen molar-refractivity contribution < 1.29 is 41.6 Å². The molecule has 3 aromatic carbocycles. The van der Waals surface area contributed by atoms with Crippen LogP contribution in [0.1, 0.15) is 31.9 Å². The molecule has 1 heterocycles. The Morgan fingerprint density at radius 1 is 0.857 bits per heavy atom. The normalized spacial score (nSPS) is 15.5. The Kier molecular flexibility index (Phi) is 8.95. The Bertz CT molecular complexity index is 1560. The van der Waals surface area contributed by atoms with E-state index in [0.29, 0.717) is 29.4 Å². The van der Waals surface area contributed by atoms with Crippen molar-refractivity contribution in [3.63, 3.8) is 0 Å². The first kappa shape index (κ1) is 30.6. The lowest BCUT2D eigenvalue weighted by atomic mass is 9.89. The molecule has 0 fully saturated rings. The van der Waals surface area contributed by atoms with Gasteiger partial charge in [0.15, 0.2) is 11.5 Å². The average Bonchev–Trinajstić information content (AvgIpc) is 2.98. The summed E-state index contributed by atoms with van der Waals surface area (Å²) in [6.07, 6.45) is 0.448. The minimum absolute atomic E-state index is 0.111. The van der Waals surface area contributed by atoms with Gasteiger partial charge in [0, 0.05) is 24.1 Å². The molecule has 1 atom stereocenters. The molecule has 0 bridgehead atoms. The molecule has 12 heteroatoms. The summed E-state index contributed by atoms with van der Waals surface area (Å²) >= 11 is 0. The molecule has 4 rings (SSSR count). The second kappa shape index (κ2) is 12.3. The van der Waals surface area contributed by atoms with Crippen LogP contribution in [0, 0.1) is 0 Å². The van der Waals surface area contributed by atoms with E-state index in [1.165, 1.54) is 52.7 Å². The van der Waals surface area contributed by atoms with Gasteiger partial charge in [-0.15, -0.1) is 0 Å². The first-order valence-corrected chi connectivity index (χ1v) is 14.5. The molecule has 42 heavy (non-hydrogen) atoms. The number of fused-ring (bicyclic) bond motifs is 1. The molecule has 0 aliphatic carbocycles. The number of hydrogen-bond acceptors (Lipinski definition) is 9. The number of nitrogens with zero attached hydrogens (tertiary/aromatic N) is 1. The zero-order valence-electron chi connectivity index (χ0n) is 24.7. The van der Waals surface area contributed by atoms with Gasteiger partial charge in [0.25, 0.3) is 10.0 Å². The van der Waals surface area contributed by atoms with Crippen LogP contribution in [0.3, 0.4) is 0 Å². The lowest BCUT2D eigenvalue weighted by molar-refractivity contribution is -0.120. The monoisotopic (exact) mass is 600 g/mol. The number of rotatable bonds is 11. The second-order valence-electron chi connectivity index (χ2n) is 10.2. The number of nitrogens with one attached hydrogen (secondary N) is 1. The topological polar surface area (TPSA) is 122 Å². The number of ether oxygens (including phenoxy) is 6. The number of sulfonamides is 1. The van der Waals surface area contributed by atoms with Crippen molar-refractivity contribution in [1.29, 1.82) is 0 Å². The van der Waals surface area contributed by atoms with Crippen LogP contribution in [0.5, 0.6) is 34.5 Å². The van der Waals surface area contributed by atoms with Crippen molar-refractivity contribution in [3.05, 3.63) is 60.2 Å². The second-order valence-corrected chi connectivity index (χ2v) is 12.0. The largest absolute Gasteiger partial charge is 0.497 e. The van der Waals surface area contributed by atoms with E-state index in [1.54, 1.807) is 37.4 Å². The Morgan fingerprint density at radius 3 is 2.12 bits per heavy atom. The third kappa shape index (κ3) is 6.28. The maximum atomic E-state index is 14.2. The molecule has 0 saturated heterocycles. The van der Waals surface area contributed by atoms with Gasteiger partial charge in [-0.05, 0) is 56.3 Å². The summed E-state index contributed by atoms with van der Waals surface area (Å²) in [6.45, 7) is 3.29. The number of methoxy groups -OCH3 is 5. The molecule has 3 aromatic rings.